The predicted octanol–water partition coefficient (Wildman–Crippen LogP) is 4.49. The molecule has 0 saturated heterocycles. The quantitative estimate of drug-likeness (QED) is 0.742. The van der Waals surface area contributed by atoms with Crippen LogP contribution in [0.5, 0.6) is 5.75 Å². The summed E-state index contributed by atoms with van der Waals surface area (Å²) in [6.45, 7) is 5.02. The monoisotopic (exact) mass is 341 g/mol. The normalized spacial score (nSPS) is 19.6. The molecule has 1 aliphatic rings. The van der Waals surface area contributed by atoms with Crippen molar-refractivity contribution in [1.82, 2.24) is 5.32 Å². The van der Waals surface area contributed by atoms with Gasteiger partial charge in [0.2, 0.25) is 5.91 Å². The molecule has 0 unspecified atom stereocenters. The second-order valence-corrected chi connectivity index (χ2v) is 6.99. The van der Waals surface area contributed by atoms with E-state index in [2.05, 4.69) is 24.1 Å². The van der Waals surface area contributed by atoms with Crippen molar-refractivity contribution in [2.45, 2.75) is 58.8 Å². The van der Waals surface area contributed by atoms with Gasteiger partial charge < -0.3 is 10.1 Å². The average molecular weight is 341 g/mol. The van der Waals surface area contributed by atoms with E-state index in [0.717, 1.165) is 30.1 Å². The maximum Gasteiger partial charge on any atom is 0.223 e. The van der Waals surface area contributed by atoms with E-state index in [4.69, 9.17) is 4.74 Å². The third-order valence-electron chi connectivity index (χ3n) is 5.05. The Bertz CT molecular complexity index is 592. The summed E-state index contributed by atoms with van der Waals surface area (Å²) in [5, 5.41) is 2.95. The van der Waals surface area contributed by atoms with Crippen LogP contribution in [0.2, 0.25) is 0 Å². The molecule has 3 heteroatoms. The third kappa shape index (κ3) is 6.82. The molecule has 0 radical (unpaired) electrons. The molecule has 1 aromatic carbocycles. The Balaban J connectivity index is 1.61. The molecule has 25 heavy (non-hydrogen) atoms. The van der Waals surface area contributed by atoms with E-state index in [1.807, 2.05) is 31.2 Å². The van der Waals surface area contributed by atoms with E-state index in [1.165, 1.54) is 32.1 Å². The zero-order valence-corrected chi connectivity index (χ0v) is 15.6. The maximum absolute atomic E-state index is 12.2. The first-order valence-corrected chi connectivity index (χ1v) is 9.62. The fraction of sp³-hybridized carbons (Fsp3) is 0.591. The number of hydrogen-bond acceptors (Lipinski definition) is 2. The Morgan fingerprint density at radius 3 is 2.68 bits per heavy atom. The van der Waals surface area contributed by atoms with Gasteiger partial charge in [-0.25, -0.2) is 0 Å². The van der Waals surface area contributed by atoms with Gasteiger partial charge in [-0.15, -0.1) is 0 Å². The number of ether oxygens (including phenoxy) is 1. The number of nitrogens with one attached hydrogen (secondary N) is 1. The van der Waals surface area contributed by atoms with E-state index in [1.54, 1.807) is 0 Å². The first-order valence-electron chi connectivity index (χ1n) is 9.62. The second kappa shape index (κ2) is 10.8. The summed E-state index contributed by atoms with van der Waals surface area (Å²) in [5.41, 5.74) is 1.10. The van der Waals surface area contributed by atoms with Crippen LogP contribution in [0.3, 0.4) is 0 Å². The van der Waals surface area contributed by atoms with Crippen LogP contribution in [0.1, 0.15) is 57.4 Å². The molecule has 1 aliphatic carbocycles. The molecule has 1 saturated carbocycles. The standard InChI is InChI=1S/C22H31NO2/c1-3-4-10-19-12-14-20(15-13-19)22(24)23-16-7-8-17-25-21-11-6-5-9-18(21)2/h5-6,9,11,19-20H,3-4,10,12-17H2,1-2H3,(H,23,24). The Labute approximate surface area is 152 Å². The molecule has 0 aromatic heterocycles. The lowest BCUT2D eigenvalue weighted by Gasteiger charge is -2.27. The molecule has 0 heterocycles. The van der Waals surface area contributed by atoms with Crippen molar-refractivity contribution in [3.63, 3.8) is 0 Å². The van der Waals surface area contributed by atoms with Crippen molar-refractivity contribution in [2.75, 3.05) is 13.2 Å². The highest BCUT2D eigenvalue weighted by Crippen LogP contribution is 2.31. The minimum atomic E-state index is 0.170. The summed E-state index contributed by atoms with van der Waals surface area (Å²) in [7, 11) is 0. The zero-order chi connectivity index (χ0) is 17.9. The van der Waals surface area contributed by atoms with E-state index in [9.17, 15) is 4.79 Å². The van der Waals surface area contributed by atoms with Gasteiger partial charge in [-0.3, -0.25) is 4.79 Å². The Morgan fingerprint density at radius 2 is 1.96 bits per heavy atom. The molecular weight excluding hydrogens is 310 g/mol. The topological polar surface area (TPSA) is 38.3 Å². The molecule has 0 spiro atoms. The summed E-state index contributed by atoms with van der Waals surface area (Å²) in [6, 6.07) is 7.89. The molecule has 0 bridgehead atoms. The minimum Gasteiger partial charge on any atom is -0.481 e. The highest BCUT2D eigenvalue weighted by molar-refractivity contribution is 5.78. The third-order valence-corrected chi connectivity index (χ3v) is 5.05. The molecule has 0 aliphatic heterocycles. The lowest BCUT2D eigenvalue weighted by Crippen LogP contribution is -2.33. The number of aryl methyl sites for hydroxylation is 1. The van der Waals surface area contributed by atoms with Crippen LogP contribution in [0, 0.1) is 30.6 Å². The lowest BCUT2D eigenvalue weighted by atomic mass is 9.79. The number of hydrogen-bond donors (Lipinski definition) is 1. The van der Waals surface area contributed by atoms with E-state index < -0.39 is 0 Å². The van der Waals surface area contributed by atoms with Gasteiger partial charge in [-0.1, -0.05) is 56.2 Å². The van der Waals surface area contributed by atoms with Gasteiger partial charge >= 0.3 is 0 Å². The Hall–Kier alpha value is -1.95. The smallest absolute Gasteiger partial charge is 0.223 e. The van der Waals surface area contributed by atoms with Crippen LogP contribution in [0.4, 0.5) is 0 Å². The van der Waals surface area contributed by atoms with Gasteiger partial charge in [0.05, 0.1) is 6.54 Å². The van der Waals surface area contributed by atoms with Crippen LogP contribution < -0.4 is 10.1 Å². The van der Waals surface area contributed by atoms with Gasteiger partial charge in [0.1, 0.15) is 12.4 Å². The summed E-state index contributed by atoms with van der Waals surface area (Å²) in [5.74, 6) is 7.99. The predicted molar refractivity (Wildman–Crippen MR) is 102 cm³/mol. The molecule has 136 valence electrons. The van der Waals surface area contributed by atoms with Gasteiger partial charge in [0, 0.05) is 5.92 Å². The minimum absolute atomic E-state index is 0.170. The fourth-order valence-electron chi connectivity index (χ4n) is 3.43. The van der Waals surface area contributed by atoms with Gasteiger partial charge in [0.25, 0.3) is 0 Å². The number of carbonyl (C=O) groups excluding carboxylic acids is 1. The van der Waals surface area contributed by atoms with Crippen molar-refractivity contribution in [3.8, 4) is 17.6 Å². The van der Waals surface area contributed by atoms with Crippen molar-refractivity contribution in [1.29, 1.82) is 0 Å². The van der Waals surface area contributed by atoms with Crippen molar-refractivity contribution in [2.24, 2.45) is 11.8 Å². The molecule has 1 fully saturated rings. The number of benzene rings is 1. The number of rotatable bonds is 7. The van der Waals surface area contributed by atoms with Crippen LogP contribution in [0.15, 0.2) is 24.3 Å². The van der Waals surface area contributed by atoms with Crippen LogP contribution in [0.25, 0.3) is 0 Å². The van der Waals surface area contributed by atoms with E-state index in [-0.39, 0.29) is 11.8 Å². The van der Waals surface area contributed by atoms with Crippen molar-refractivity contribution >= 4 is 5.91 Å². The fourth-order valence-corrected chi connectivity index (χ4v) is 3.43. The highest BCUT2D eigenvalue weighted by atomic mass is 16.5. The second-order valence-electron chi connectivity index (χ2n) is 6.99. The maximum atomic E-state index is 12.2. The number of carbonyl (C=O) groups is 1. The van der Waals surface area contributed by atoms with E-state index >= 15 is 0 Å². The van der Waals surface area contributed by atoms with Crippen molar-refractivity contribution < 1.29 is 9.53 Å². The van der Waals surface area contributed by atoms with Crippen LogP contribution in [-0.4, -0.2) is 19.1 Å². The van der Waals surface area contributed by atoms with E-state index in [0.29, 0.717) is 13.2 Å². The molecule has 3 nitrogen and oxygen atoms in total. The molecule has 1 N–H and O–H groups in total. The Morgan fingerprint density at radius 1 is 1.20 bits per heavy atom. The molecule has 0 atom stereocenters. The first-order chi connectivity index (χ1) is 12.2. The molecule has 2 rings (SSSR count). The molecular formula is C22H31NO2. The SMILES string of the molecule is CCCCC1CCC(C(=O)NCC#CCOc2ccccc2C)CC1. The zero-order valence-electron chi connectivity index (χ0n) is 15.6. The first kappa shape index (κ1) is 19.4. The summed E-state index contributed by atoms with van der Waals surface area (Å²) in [6.07, 6.45) is 8.39. The van der Waals surface area contributed by atoms with Crippen LogP contribution in [-0.2, 0) is 4.79 Å². The average Bonchev–Trinajstić information content (AvgIpc) is 2.64. The number of amides is 1. The van der Waals surface area contributed by atoms with Crippen LogP contribution >= 0.6 is 0 Å². The lowest BCUT2D eigenvalue weighted by molar-refractivity contribution is -0.125. The van der Waals surface area contributed by atoms with Gasteiger partial charge in [-0.2, -0.15) is 0 Å². The van der Waals surface area contributed by atoms with Crippen molar-refractivity contribution in [3.05, 3.63) is 29.8 Å². The molecule has 1 amide bonds. The van der Waals surface area contributed by atoms with Gasteiger partial charge in [-0.05, 0) is 50.2 Å². The highest BCUT2D eigenvalue weighted by Gasteiger charge is 2.25. The largest absolute Gasteiger partial charge is 0.481 e. The summed E-state index contributed by atoms with van der Waals surface area (Å²) in [4.78, 5) is 12.2. The van der Waals surface area contributed by atoms with Gasteiger partial charge in [0.15, 0.2) is 0 Å². The number of para-hydroxylation sites is 1. The number of unbranched alkanes of at least 4 members (excludes halogenated alkanes) is 1. The molecule has 1 aromatic rings. The summed E-state index contributed by atoms with van der Waals surface area (Å²) < 4.78 is 5.62. The summed E-state index contributed by atoms with van der Waals surface area (Å²) >= 11 is 0. The Kier molecular flexibility index (Phi) is 8.39.